The van der Waals surface area contributed by atoms with Gasteiger partial charge in [-0.1, -0.05) is 49.4 Å². The summed E-state index contributed by atoms with van der Waals surface area (Å²) in [5, 5.41) is 9.44. The zero-order valence-corrected chi connectivity index (χ0v) is 18.6. The van der Waals surface area contributed by atoms with Crippen molar-refractivity contribution in [3.05, 3.63) is 77.4 Å². The first-order chi connectivity index (χ1) is 15.1. The van der Waals surface area contributed by atoms with E-state index in [0.717, 1.165) is 16.7 Å². The third-order valence-electron chi connectivity index (χ3n) is 5.80. The Morgan fingerprint density at radius 3 is 2.47 bits per heavy atom. The zero-order valence-electron chi connectivity index (χ0n) is 18.6. The van der Waals surface area contributed by atoms with Crippen molar-refractivity contribution in [2.75, 3.05) is 25.1 Å². The van der Waals surface area contributed by atoms with Crippen LogP contribution in [-0.2, 0) is 21.5 Å². The second-order valence-electron chi connectivity index (χ2n) is 8.44. The number of carboxylic acids is 1. The first-order valence-electron chi connectivity index (χ1n) is 10.3. The predicted octanol–water partition coefficient (Wildman–Crippen LogP) is 4.22. The van der Waals surface area contributed by atoms with E-state index in [1.54, 1.807) is 17.0 Å². The van der Waals surface area contributed by atoms with Crippen LogP contribution in [-0.4, -0.2) is 48.2 Å². The molecule has 3 rings (SSSR count). The van der Waals surface area contributed by atoms with Crippen molar-refractivity contribution >= 4 is 23.7 Å². The Labute approximate surface area is 187 Å². The van der Waals surface area contributed by atoms with Crippen molar-refractivity contribution in [2.24, 2.45) is 0 Å². The van der Waals surface area contributed by atoms with E-state index in [1.165, 1.54) is 25.0 Å². The number of methoxy groups -OCH3 is 1. The molecule has 0 fully saturated rings. The number of nitrogens with zero attached hydrogens (tertiary/aromatic N) is 2. The molecule has 0 aliphatic carbocycles. The average Bonchev–Trinajstić information content (AvgIpc) is 3.05. The number of carboxylic acid groups (broad SMARTS) is 1. The molecule has 1 N–H and O–H groups in total. The third kappa shape index (κ3) is 4.82. The number of fused-ring (bicyclic) bond motifs is 1. The molecule has 2 amide bonds. The molecule has 7 nitrogen and oxygen atoms in total. The molecule has 7 heteroatoms. The lowest BCUT2D eigenvalue weighted by Gasteiger charge is -2.29. The summed E-state index contributed by atoms with van der Waals surface area (Å²) in [6, 6.07) is 14.5. The highest BCUT2D eigenvalue weighted by molar-refractivity contribution is 5.94. The van der Waals surface area contributed by atoms with Gasteiger partial charge in [-0.15, -0.1) is 0 Å². The first-order valence-corrected chi connectivity index (χ1v) is 10.3. The van der Waals surface area contributed by atoms with E-state index in [0.29, 0.717) is 31.7 Å². The largest absolute Gasteiger partial charge is 0.478 e. The van der Waals surface area contributed by atoms with Gasteiger partial charge in [-0.05, 0) is 35.7 Å². The SMILES string of the molecule is C=C(CN(Cc1ccccc1)C(C)=O)CC1(C)CN(C(=O)OC)c2ccc(C(=O)O)cc21. The van der Waals surface area contributed by atoms with Crippen LogP contribution in [0.3, 0.4) is 0 Å². The fourth-order valence-corrected chi connectivity index (χ4v) is 4.29. The van der Waals surface area contributed by atoms with E-state index in [4.69, 9.17) is 4.74 Å². The smallest absolute Gasteiger partial charge is 0.414 e. The molecular formula is C25H28N2O5. The van der Waals surface area contributed by atoms with Crippen molar-refractivity contribution in [1.29, 1.82) is 0 Å². The Morgan fingerprint density at radius 2 is 1.88 bits per heavy atom. The van der Waals surface area contributed by atoms with E-state index in [2.05, 4.69) is 6.58 Å². The van der Waals surface area contributed by atoms with Gasteiger partial charge in [-0.25, -0.2) is 9.59 Å². The zero-order chi connectivity index (χ0) is 23.5. The van der Waals surface area contributed by atoms with Gasteiger partial charge in [0, 0.05) is 32.0 Å². The quantitative estimate of drug-likeness (QED) is 0.657. The maximum atomic E-state index is 12.4. The molecule has 2 aromatic rings. The number of ether oxygens (including phenoxy) is 1. The van der Waals surface area contributed by atoms with E-state index < -0.39 is 17.5 Å². The molecule has 0 saturated carbocycles. The summed E-state index contributed by atoms with van der Waals surface area (Å²) in [5.74, 6) is -1.09. The second-order valence-corrected chi connectivity index (χ2v) is 8.44. The summed E-state index contributed by atoms with van der Waals surface area (Å²) in [4.78, 5) is 39.4. The number of hydrogen-bond acceptors (Lipinski definition) is 4. The molecule has 0 spiro atoms. The van der Waals surface area contributed by atoms with E-state index in [1.807, 2.05) is 37.3 Å². The van der Waals surface area contributed by atoms with Crippen LogP contribution < -0.4 is 4.90 Å². The monoisotopic (exact) mass is 436 g/mol. The number of benzene rings is 2. The molecule has 168 valence electrons. The Balaban J connectivity index is 1.84. The van der Waals surface area contributed by atoms with Crippen LogP contribution in [0.4, 0.5) is 10.5 Å². The topological polar surface area (TPSA) is 87.2 Å². The molecule has 0 aromatic heterocycles. The van der Waals surface area contributed by atoms with Crippen LogP contribution in [0, 0.1) is 0 Å². The highest BCUT2D eigenvalue weighted by atomic mass is 16.5. The van der Waals surface area contributed by atoms with Gasteiger partial charge in [-0.3, -0.25) is 9.69 Å². The second kappa shape index (κ2) is 9.26. The summed E-state index contributed by atoms with van der Waals surface area (Å²) in [7, 11) is 1.32. The van der Waals surface area contributed by atoms with E-state index in [-0.39, 0.29) is 11.5 Å². The van der Waals surface area contributed by atoms with Gasteiger partial charge >= 0.3 is 12.1 Å². The van der Waals surface area contributed by atoms with Gasteiger partial charge < -0.3 is 14.7 Å². The van der Waals surface area contributed by atoms with Crippen molar-refractivity contribution in [3.8, 4) is 0 Å². The molecule has 32 heavy (non-hydrogen) atoms. The average molecular weight is 437 g/mol. The summed E-state index contributed by atoms with van der Waals surface area (Å²) >= 11 is 0. The fourth-order valence-electron chi connectivity index (χ4n) is 4.29. The highest BCUT2D eigenvalue weighted by Crippen LogP contribution is 2.45. The summed E-state index contributed by atoms with van der Waals surface area (Å²) < 4.78 is 4.92. The van der Waals surface area contributed by atoms with Crippen molar-refractivity contribution < 1.29 is 24.2 Å². The molecule has 1 aliphatic heterocycles. The molecule has 1 unspecified atom stereocenters. The number of aromatic carboxylic acids is 1. The van der Waals surface area contributed by atoms with Crippen molar-refractivity contribution in [2.45, 2.75) is 32.2 Å². The number of amides is 2. The van der Waals surface area contributed by atoms with Gasteiger partial charge in [0.1, 0.15) is 0 Å². The predicted molar refractivity (Wildman–Crippen MR) is 122 cm³/mol. The van der Waals surface area contributed by atoms with Gasteiger partial charge in [0.15, 0.2) is 0 Å². The number of hydrogen-bond donors (Lipinski definition) is 1. The minimum absolute atomic E-state index is 0.0590. The molecule has 0 saturated heterocycles. The van der Waals surface area contributed by atoms with E-state index >= 15 is 0 Å². The van der Waals surface area contributed by atoms with Gasteiger partial charge in [0.25, 0.3) is 0 Å². The van der Waals surface area contributed by atoms with Crippen LogP contribution in [0.1, 0.15) is 41.8 Å². The van der Waals surface area contributed by atoms with Gasteiger partial charge in [0.2, 0.25) is 5.91 Å². The molecule has 0 bridgehead atoms. The van der Waals surface area contributed by atoms with Crippen molar-refractivity contribution in [3.63, 3.8) is 0 Å². The summed E-state index contributed by atoms with van der Waals surface area (Å²) in [5.41, 5.74) is 2.81. The summed E-state index contributed by atoms with van der Waals surface area (Å²) in [6.07, 6.45) is -0.0205. The standard InChI is InChI=1S/C25H28N2O5/c1-17(14-26(18(2)28)15-19-8-6-5-7-9-19)13-25(3)16-27(24(31)32-4)22-11-10-20(23(29)30)12-21(22)25/h5-12H,1,13-16H2,2-4H3,(H,29,30). The fraction of sp³-hybridized carbons (Fsp3) is 0.320. The third-order valence-corrected chi connectivity index (χ3v) is 5.80. The van der Waals surface area contributed by atoms with Crippen LogP contribution >= 0.6 is 0 Å². The normalized spacial score (nSPS) is 16.9. The molecule has 0 radical (unpaired) electrons. The minimum atomic E-state index is -1.03. The summed E-state index contributed by atoms with van der Waals surface area (Å²) in [6.45, 7) is 8.87. The van der Waals surface area contributed by atoms with Crippen LogP contribution in [0.2, 0.25) is 0 Å². The maximum absolute atomic E-state index is 12.4. The van der Waals surface area contributed by atoms with Crippen LogP contribution in [0.25, 0.3) is 0 Å². The van der Waals surface area contributed by atoms with Crippen LogP contribution in [0.5, 0.6) is 0 Å². The Hall–Kier alpha value is -3.61. The Bertz CT molecular complexity index is 1050. The molecule has 2 aromatic carbocycles. The lowest BCUT2D eigenvalue weighted by molar-refractivity contribution is -0.129. The number of carbonyl (C=O) groups excluding carboxylic acids is 2. The highest BCUT2D eigenvalue weighted by Gasteiger charge is 2.42. The number of anilines is 1. The Kier molecular flexibility index (Phi) is 6.67. The molecule has 1 aliphatic rings. The Morgan fingerprint density at radius 1 is 1.19 bits per heavy atom. The lowest BCUT2D eigenvalue weighted by Crippen LogP contribution is -2.37. The lowest BCUT2D eigenvalue weighted by atomic mass is 9.78. The number of rotatable bonds is 7. The first kappa shape index (κ1) is 23.1. The van der Waals surface area contributed by atoms with Crippen LogP contribution in [0.15, 0.2) is 60.7 Å². The maximum Gasteiger partial charge on any atom is 0.414 e. The van der Waals surface area contributed by atoms with Gasteiger partial charge in [-0.2, -0.15) is 0 Å². The van der Waals surface area contributed by atoms with Crippen molar-refractivity contribution in [1.82, 2.24) is 4.90 Å². The number of carbonyl (C=O) groups is 3. The molecular weight excluding hydrogens is 408 g/mol. The minimum Gasteiger partial charge on any atom is -0.478 e. The van der Waals surface area contributed by atoms with Gasteiger partial charge in [0.05, 0.1) is 18.4 Å². The molecule has 1 atom stereocenters. The van der Waals surface area contributed by atoms with E-state index in [9.17, 15) is 19.5 Å². The molecule has 1 heterocycles.